The highest BCUT2D eigenvalue weighted by atomic mass is 19.4. The summed E-state index contributed by atoms with van der Waals surface area (Å²) in [6.07, 6.45) is -2.63. The van der Waals surface area contributed by atoms with Crippen LogP contribution in [-0.4, -0.2) is 23.5 Å². The average molecular weight is 325 g/mol. The summed E-state index contributed by atoms with van der Waals surface area (Å²) in [4.78, 5) is 13.0. The number of carbonyl (C=O) groups is 1. The van der Waals surface area contributed by atoms with Gasteiger partial charge >= 0.3 is 6.18 Å². The quantitative estimate of drug-likeness (QED) is 0.801. The van der Waals surface area contributed by atoms with Gasteiger partial charge in [-0.1, -0.05) is 29.8 Å². The Kier molecular flexibility index (Phi) is 5.47. The fourth-order valence-corrected chi connectivity index (χ4v) is 2.32. The van der Waals surface area contributed by atoms with Crippen LogP contribution < -0.4 is 0 Å². The van der Waals surface area contributed by atoms with E-state index in [1.165, 1.54) is 6.26 Å². The van der Waals surface area contributed by atoms with Gasteiger partial charge in [-0.3, -0.25) is 4.79 Å². The Bertz CT molecular complexity index is 636. The number of carbonyl (C=O) groups excluding carboxylic acids is 1. The van der Waals surface area contributed by atoms with Gasteiger partial charge in [-0.05, 0) is 31.0 Å². The molecule has 2 rings (SSSR count). The zero-order valence-electron chi connectivity index (χ0n) is 12.8. The molecule has 0 saturated heterocycles. The van der Waals surface area contributed by atoms with Crippen molar-refractivity contribution in [1.82, 2.24) is 4.90 Å². The highest BCUT2D eigenvalue weighted by Crippen LogP contribution is 2.19. The number of benzene rings is 1. The molecule has 1 amide bonds. The predicted molar refractivity (Wildman–Crippen MR) is 79.7 cm³/mol. The van der Waals surface area contributed by atoms with Crippen LogP contribution >= 0.6 is 0 Å². The van der Waals surface area contributed by atoms with E-state index in [1.807, 2.05) is 31.2 Å². The number of hydrogen-bond donors (Lipinski definition) is 0. The fourth-order valence-electron chi connectivity index (χ4n) is 2.32. The van der Waals surface area contributed by atoms with Crippen molar-refractivity contribution in [2.45, 2.75) is 32.5 Å². The second-order valence-electron chi connectivity index (χ2n) is 5.43. The molecule has 0 aliphatic heterocycles. The molecule has 1 aromatic heterocycles. The van der Waals surface area contributed by atoms with Crippen molar-refractivity contribution in [1.29, 1.82) is 0 Å². The molecular formula is C17H18F3NO2. The fraction of sp³-hybridized carbons (Fsp3) is 0.353. The third kappa shape index (κ3) is 5.81. The molecule has 0 atom stereocenters. The summed E-state index contributed by atoms with van der Waals surface area (Å²) in [6.45, 7) is 0.470. The lowest BCUT2D eigenvalue weighted by Crippen LogP contribution is -2.38. The smallest absolute Gasteiger partial charge is 0.406 e. The van der Waals surface area contributed by atoms with E-state index in [9.17, 15) is 18.0 Å². The van der Waals surface area contributed by atoms with Gasteiger partial charge in [-0.15, -0.1) is 0 Å². The van der Waals surface area contributed by atoms with Gasteiger partial charge in [0.05, 0.1) is 12.8 Å². The van der Waals surface area contributed by atoms with Gasteiger partial charge in [0.15, 0.2) is 0 Å². The Balaban J connectivity index is 2.00. The first-order valence-electron chi connectivity index (χ1n) is 7.26. The van der Waals surface area contributed by atoms with Crippen LogP contribution in [-0.2, 0) is 17.8 Å². The Morgan fingerprint density at radius 3 is 2.61 bits per heavy atom. The van der Waals surface area contributed by atoms with Crippen molar-refractivity contribution in [2.75, 3.05) is 6.54 Å². The molecule has 0 unspecified atom stereocenters. The predicted octanol–water partition coefficient (Wildman–Crippen LogP) is 4.11. The zero-order valence-corrected chi connectivity index (χ0v) is 12.8. The van der Waals surface area contributed by atoms with Crippen LogP contribution in [0.25, 0.3) is 0 Å². The maximum atomic E-state index is 12.7. The van der Waals surface area contributed by atoms with Crippen molar-refractivity contribution in [3.63, 3.8) is 0 Å². The van der Waals surface area contributed by atoms with Crippen LogP contribution in [0.1, 0.15) is 23.3 Å². The number of alkyl halides is 3. The van der Waals surface area contributed by atoms with Crippen LogP contribution in [0.4, 0.5) is 13.2 Å². The molecule has 0 bridgehead atoms. The summed E-state index contributed by atoms with van der Waals surface area (Å²) < 4.78 is 43.1. The van der Waals surface area contributed by atoms with E-state index in [0.717, 1.165) is 16.0 Å². The first-order valence-corrected chi connectivity index (χ1v) is 7.26. The van der Waals surface area contributed by atoms with E-state index < -0.39 is 18.6 Å². The van der Waals surface area contributed by atoms with E-state index in [0.29, 0.717) is 12.2 Å². The Morgan fingerprint density at radius 1 is 1.22 bits per heavy atom. The molecule has 0 aliphatic carbocycles. The van der Waals surface area contributed by atoms with E-state index in [-0.39, 0.29) is 13.0 Å². The first-order chi connectivity index (χ1) is 10.8. The Labute approximate surface area is 132 Å². The summed E-state index contributed by atoms with van der Waals surface area (Å²) in [6, 6.07) is 10.7. The molecule has 0 N–H and O–H groups in total. The van der Waals surface area contributed by atoms with Gasteiger partial charge in [0, 0.05) is 6.42 Å². The third-order valence-electron chi connectivity index (χ3n) is 3.36. The molecule has 6 heteroatoms. The number of hydrogen-bond acceptors (Lipinski definition) is 2. The largest absolute Gasteiger partial charge is 0.467 e. The van der Waals surface area contributed by atoms with Crippen LogP contribution in [0.3, 0.4) is 0 Å². The summed E-state index contributed by atoms with van der Waals surface area (Å²) in [5.41, 5.74) is 1.99. The number of aryl methyl sites for hydroxylation is 2. The normalized spacial score (nSPS) is 11.5. The van der Waals surface area contributed by atoms with Crippen molar-refractivity contribution < 1.29 is 22.4 Å². The molecular weight excluding hydrogens is 307 g/mol. The first kappa shape index (κ1) is 17.1. The highest BCUT2D eigenvalue weighted by Gasteiger charge is 2.33. The third-order valence-corrected chi connectivity index (χ3v) is 3.36. The minimum absolute atomic E-state index is 0.0280. The van der Waals surface area contributed by atoms with Gasteiger partial charge in [-0.25, -0.2) is 0 Å². The van der Waals surface area contributed by atoms with Crippen molar-refractivity contribution in [3.05, 3.63) is 59.5 Å². The van der Waals surface area contributed by atoms with Gasteiger partial charge in [0.25, 0.3) is 0 Å². The molecule has 23 heavy (non-hydrogen) atoms. The second-order valence-corrected chi connectivity index (χ2v) is 5.43. The second kappa shape index (κ2) is 7.35. The molecule has 0 aliphatic rings. The number of furan rings is 1. The van der Waals surface area contributed by atoms with Gasteiger partial charge in [-0.2, -0.15) is 13.2 Å². The molecule has 0 spiro atoms. The molecule has 0 radical (unpaired) electrons. The topological polar surface area (TPSA) is 33.5 Å². The minimum Gasteiger partial charge on any atom is -0.467 e. The van der Waals surface area contributed by atoms with Crippen LogP contribution in [0.5, 0.6) is 0 Å². The summed E-state index contributed by atoms with van der Waals surface area (Å²) in [5.74, 6) is -0.210. The number of nitrogens with zero attached hydrogens (tertiary/aromatic N) is 1. The average Bonchev–Trinajstić information content (AvgIpc) is 2.96. The van der Waals surface area contributed by atoms with Crippen LogP contribution in [0.15, 0.2) is 47.1 Å². The Morgan fingerprint density at radius 2 is 2.00 bits per heavy atom. The van der Waals surface area contributed by atoms with Crippen LogP contribution in [0.2, 0.25) is 0 Å². The lowest BCUT2D eigenvalue weighted by Gasteiger charge is -2.23. The summed E-state index contributed by atoms with van der Waals surface area (Å²) >= 11 is 0. The Hall–Kier alpha value is -2.24. The van der Waals surface area contributed by atoms with Crippen molar-refractivity contribution in [2.24, 2.45) is 0 Å². The molecule has 124 valence electrons. The SMILES string of the molecule is Cc1cccc(CCC(=O)N(Cc2ccco2)CC(F)(F)F)c1. The molecule has 2 aromatic rings. The maximum absolute atomic E-state index is 12.7. The monoisotopic (exact) mass is 325 g/mol. The summed E-state index contributed by atoms with van der Waals surface area (Å²) in [7, 11) is 0. The highest BCUT2D eigenvalue weighted by molar-refractivity contribution is 5.76. The van der Waals surface area contributed by atoms with E-state index in [4.69, 9.17) is 4.42 Å². The van der Waals surface area contributed by atoms with Gasteiger partial charge in [0.2, 0.25) is 5.91 Å². The van der Waals surface area contributed by atoms with E-state index in [2.05, 4.69) is 0 Å². The molecule has 0 fully saturated rings. The minimum atomic E-state index is -4.44. The standard InChI is InChI=1S/C17H18F3NO2/c1-13-4-2-5-14(10-13)7-8-16(22)21(12-17(18,19)20)11-15-6-3-9-23-15/h2-6,9-10H,7-8,11-12H2,1H3. The lowest BCUT2D eigenvalue weighted by molar-refractivity contribution is -0.162. The van der Waals surface area contributed by atoms with Crippen molar-refractivity contribution >= 4 is 5.91 Å². The molecule has 3 nitrogen and oxygen atoms in total. The van der Waals surface area contributed by atoms with E-state index >= 15 is 0 Å². The number of amides is 1. The number of rotatable bonds is 6. The zero-order chi connectivity index (χ0) is 16.9. The molecule has 1 aromatic carbocycles. The number of halogens is 3. The molecule has 1 heterocycles. The summed E-state index contributed by atoms with van der Waals surface area (Å²) in [5, 5.41) is 0. The van der Waals surface area contributed by atoms with E-state index in [1.54, 1.807) is 12.1 Å². The van der Waals surface area contributed by atoms with Crippen molar-refractivity contribution in [3.8, 4) is 0 Å². The van der Waals surface area contributed by atoms with Gasteiger partial charge < -0.3 is 9.32 Å². The molecule has 0 saturated carbocycles. The lowest BCUT2D eigenvalue weighted by atomic mass is 10.1. The maximum Gasteiger partial charge on any atom is 0.406 e. The van der Waals surface area contributed by atoms with Crippen LogP contribution in [0, 0.1) is 6.92 Å². The van der Waals surface area contributed by atoms with Gasteiger partial charge in [0.1, 0.15) is 12.3 Å².